The molecule has 116 valence electrons. The molecule has 0 aromatic heterocycles. The number of aromatic carboxylic acids is 1. The number of carbonyl (C=O) groups is 1. The minimum absolute atomic E-state index is 0.118. The number of aliphatic hydroxyl groups is 1. The van der Waals surface area contributed by atoms with Crippen LogP contribution in [0.4, 0.5) is 5.69 Å². The number of ether oxygens (including phenoxy) is 1. The molecule has 1 atom stereocenters. The van der Waals surface area contributed by atoms with Crippen LogP contribution in [0.1, 0.15) is 10.4 Å². The third-order valence-corrected chi connectivity index (χ3v) is 3.16. The summed E-state index contributed by atoms with van der Waals surface area (Å²) < 4.78 is 5.43. The van der Waals surface area contributed by atoms with Gasteiger partial charge in [-0.1, -0.05) is 17.7 Å². The Balaban J connectivity index is 1.80. The third kappa shape index (κ3) is 4.95. The maximum atomic E-state index is 10.9. The van der Waals surface area contributed by atoms with Crippen LogP contribution in [-0.2, 0) is 0 Å². The highest BCUT2D eigenvalue weighted by Crippen LogP contribution is 2.16. The Morgan fingerprint density at radius 1 is 1.23 bits per heavy atom. The summed E-state index contributed by atoms with van der Waals surface area (Å²) in [6.45, 7) is 0.365. The number of benzene rings is 2. The first-order valence-electron chi connectivity index (χ1n) is 6.68. The van der Waals surface area contributed by atoms with Crippen molar-refractivity contribution in [3.63, 3.8) is 0 Å². The molecule has 0 bridgehead atoms. The topological polar surface area (TPSA) is 78.8 Å². The molecule has 0 spiro atoms. The molecule has 6 heteroatoms. The molecule has 3 N–H and O–H groups in total. The maximum Gasteiger partial charge on any atom is 0.335 e. The van der Waals surface area contributed by atoms with E-state index in [0.717, 1.165) is 0 Å². The van der Waals surface area contributed by atoms with Crippen LogP contribution in [-0.4, -0.2) is 35.4 Å². The molecule has 0 saturated carbocycles. The SMILES string of the molecule is O=C(O)c1cccc(NCC(O)COc2ccc(Cl)cc2)c1. The Bertz CT molecular complexity index is 630. The van der Waals surface area contributed by atoms with Crippen molar-refractivity contribution in [3.8, 4) is 5.75 Å². The number of halogens is 1. The van der Waals surface area contributed by atoms with Crippen LogP contribution in [0.3, 0.4) is 0 Å². The summed E-state index contributed by atoms with van der Waals surface area (Å²) in [5, 5.41) is 22.4. The van der Waals surface area contributed by atoms with E-state index in [1.54, 1.807) is 36.4 Å². The monoisotopic (exact) mass is 321 g/mol. The molecule has 1 unspecified atom stereocenters. The third-order valence-electron chi connectivity index (χ3n) is 2.91. The van der Waals surface area contributed by atoms with Crippen LogP contribution in [0, 0.1) is 0 Å². The van der Waals surface area contributed by atoms with Crippen molar-refractivity contribution in [2.45, 2.75) is 6.10 Å². The van der Waals surface area contributed by atoms with Crippen molar-refractivity contribution >= 4 is 23.3 Å². The van der Waals surface area contributed by atoms with Crippen molar-refractivity contribution < 1.29 is 19.7 Å². The Kier molecular flexibility index (Phi) is 5.63. The zero-order chi connectivity index (χ0) is 15.9. The lowest BCUT2D eigenvalue weighted by atomic mass is 10.2. The zero-order valence-electron chi connectivity index (χ0n) is 11.7. The van der Waals surface area contributed by atoms with E-state index in [-0.39, 0.29) is 18.7 Å². The standard InChI is InChI=1S/C16H16ClNO4/c17-12-4-6-15(7-5-12)22-10-14(19)9-18-13-3-1-2-11(8-13)16(20)21/h1-8,14,18-19H,9-10H2,(H,20,21). The van der Waals surface area contributed by atoms with Gasteiger partial charge in [0.15, 0.2) is 0 Å². The molecule has 2 aromatic carbocycles. The second-order valence-electron chi connectivity index (χ2n) is 4.69. The quantitative estimate of drug-likeness (QED) is 0.731. The van der Waals surface area contributed by atoms with Gasteiger partial charge in [-0.3, -0.25) is 0 Å². The summed E-state index contributed by atoms with van der Waals surface area (Å²) in [4.78, 5) is 10.9. The fraction of sp³-hybridized carbons (Fsp3) is 0.188. The van der Waals surface area contributed by atoms with Gasteiger partial charge in [0, 0.05) is 17.3 Å². The molecule has 0 aliphatic carbocycles. The molecule has 0 fully saturated rings. The van der Waals surface area contributed by atoms with E-state index < -0.39 is 12.1 Å². The predicted octanol–water partition coefficient (Wildman–Crippen LogP) is 2.89. The van der Waals surface area contributed by atoms with Crippen molar-refractivity contribution in [1.82, 2.24) is 0 Å². The molecule has 0 saturated heterocycles. The number of rotatable bonds is 7. The van der Waals surface area contributed by atoms with Gasteiger partial charge in [0.2, 0.25) is 0 Å². The van der Waals surface area contributed by atoms with Gasteiger partial charge in [0.25, 0.3) is 0 Å². The van der Waals surface area contributed by atoms with Crippen LogP contribution in [0.2, 0.25) is 5.02 Å². The summed E-state index contributed by atoms with van der Waals surface area (Å²) in [6, 6.07) is 13.2. The van der Waals surface area contributed by atoms with Crippen molar-refractivity contribution in [2.24, 2.45) is 0 Å². The predicted molar refractivity (Wildman–Crippen MR) is 84.8 cm³/mol. The van der Waals surface area contributed by atoms with Crippen LogP contribution in [0.15, 0.2) is 48.5 Å². The molecule has 0 heterocycles. The molecular formula is C16H16ClNO4. The van der Waals surface area contributed by atoms with Gasteiger partial charge in [-0.15, -0.1) is 0 Å². The Morgan fingerprint density at radius 2 is 1.95 bits per heavy atom. The van der Waals surface area contributed by atoms with Crippen LogP contribution in [0.5, 0.6) is 5.75 Å². The van der Waals surface area contributed by atoms with Crippen molar-refractivity contribution in [1.29, 1.82) is 0 Å². The second kappa shape index (κ2) is 7.68. The highest BCUT2D eigenvalue weighted by Gasteiger charge is 2.07. The van der Waals surface area contributed by atoms with Crippen molar-refractivity contribution in [3.05, 3.63) is 59.1 Å². The van der Waals surface area contributed by atoms with E-state index in [0.29, 0.717) is 16.5 Å². The maximum absolute atomic E-state index is 10.9. The lowest BCUT2D eigenvalue weighted by molar-refractivity contribution is 0.0697. The Hall–Kier alpha value is -2.24. The number of hydrogen-bond donors (Lipinski definition) is 3. The summed E-state index contributed by atoms with van der Waals surface area (Å²) in [5.74, 6) is -0.369. The van der Waals surface area contributed by atoms with Crippen LogP contribution < -0.4 is 10.1 Å². The molecule has 0 aliphatic heterocycles. The average molecular weight is 322 g/mol. The number of carboxylic acid groups (broad SMARTS) is 1. The van der Waals surface area contributed by atoms with E-state index in [9.17, 15) is 9.90 Å². The van der Waals surface area contributed by atoms with E-state index in [4.69, 9.17) is 21.4 Å². The largest absolute Gasteiger partial charge is 0.491 e. The van der Waals surface area contributed by atoms with Crippen molar-refractivity contribution in [2.75, 3.05) is 18.5 Å². The molecular weight excluding hydrogens is 306 g/mol. The minimum atomic E-state index is -0.990. The first kappa shape index (κ1) is 16.1. The second-order valence-corrected chi connectivity index (χ2v) is 5.12. The zero-order valence-corrected chi connectivity index (χ0v) is 12.5. The highest BCUT2D eigenvalue weighted by molar-refractivity contribution is 6.30. The van der Waals surface area contributed by atoms with E-state index >= 15 is 0 Å². The summed E-state index contributed by atoms with van der Waals surface area (Å²) in [7, 11) is 0. The molecule has 0 radical (unpaired) electrons. The number of aliphatic hydroxyl groups excluding tert-OH is 1. The van der Waals surface area contributed by atoms with Gasteiger partial charge >= 0.3 is 5.97 Å². The number of carboxylic acids is 1. The van der Waals surface area contributed by atoms with Crippen LogP contribution in [0.25, 0.3) is 0 Å². The number of hydrogen-bond acceptors (Lipinski definition) is 4. The summed E-state index contributed by atoms with van der Waals surface area (Å²) in [6.07, 6.45) is -0.732. The fourth-order valence-corrected chi connectivity index (χ4v) is 1.91. The molecule has 22 heavy (non-hydrogen) atoms. The van der Waals surface area contributed by atoms with Gasteiger partial charge in [-0.25, -0.2) is 4.79 Å². The van der Waals surface area contributed by atoms with E-state index in [1.165, 1.54) is 12.1 Å². The average Bonchev–Trinajstić information content (AvgIpc) is 2.52. The van der Waals surface area contributed by atoms with Gasteiger partial charge in [0.05, 0.1) is 5.56 Å². The smallest absolute Gasteiger partial charge is 0.335 e. The minimum Gasteiger partial charge on any atom is -0.491 e. The normalized spacial score (nSPS) is 11.7. The summed E-state index contributed by atoms with van der Waals surface area (Å²) in [5.41, 5.74) is 0.822. The lowest BCUT2D eigenvalue weighted by Crippen LogP contribution is -2.26. The van der Waals surface area contributed by atoms with Gasteiger partial charge in [0.1, 0.15) is 18.5 Å². The Morgan fingerprint density at radius 3 is 2.64 bits per heavy atom. The van der Waals surface area contributed by atoms with Gasteiger partial charge < -0.3 is 20.3 Å². The molecule has 0 amide bonds. The number of nitrogens with one attached hydrogen (secondary N) is 1. The highest BCUT2D eigenvalue weighted by atomic mass is 35.5. The Labute approximate surface area is 133 Å². The van der Waals surface area contributed by atoms with E-state index in [2.05, 4.69) is 5.32 Å². The van der Waals surface area contributed by atoms with Gasteiger partial charge in [-0.2, -0.15) is 0 Å². The van der Waals surface area contributed by atoms with E-state index in [1.807, 2.05) is 0 Å². The number of anilines is 1. The van der Waals surface area contributed by atoms with Crippen LogP contribution >= 0.6 is 11.6 Å². The summed E-state index contributed by atoms with van der Waals surface area (Å²) >= 11 is 5.77. The first-order chi connectivity index (χ1) is 10.5. The lowest BCUT2D eigenvalue weighted by Gasteiger charge is -2.14. The molecule has 0 aliphatic rings. The van der Waals surface area contributed by atoms with Gasteiger partial charge in [-0.05, 0) is 42.5 Å². The molecule has 2 rings (SSSR count). The molecule has 2 aromatic rings. The first-order valence-corrected chi connectivity index (χ1v) is 7.06. The fourth-order valence-electron chi connectivity index (χ4n) is 1.78. The molecule has 5 nitrogen and oxygen atoms in total.